The van der Waals surface area contributed by atoms with Gasteiger partial charge in [-0.15, -0.1) is 0 Å². The third-order valence-electron chi connectivity index (χ3n) is 5.88. The van der Waals surface area contributed by atoms with Gasteiger partial charge in [-0.25, -0.2) is 0 Å². The van der Waals surface area contributed by atoms with E-state index in [1.807, 2.05) is 36.5 Å². The molecule has 3 aliphatic heterocycles. The fourth-order valence-corrected chi connectivity index (χ4v) is 4.54. The molecule has 142 valence electrons. The highest BCUT2D eigenvalue weighted by Gasteiger charge is 2.37. The van der Waals surface area contributed by atoms with E-state index in [2.05, 4.69) is 30.8 Å². The Morgan fingerprint density at radius 1 is 0.929 bits per heavy atom. The summed E-state index contributed by atoms with van der Waals surface area (Å²) in [5.41, 5.74) is 3.38. The van der Waals surface area contributed by atoms with Crippen LogP contribution >= 0.6 is 0 Å². The molecule has 3 saturated heterocycles. The lowest BCUT2D eigenvalue weighted by molar-refractivity contribution is 0.0585. The third-order valence-corrected chi connectivity index (χ3v) is 5.88. The Balaban J connectivity index is 1.36. The number of rotatable bonds is 3. The van der Waals surface area contributed by atoms with Crippen LogP contribution in [0.4, 0.5) is 0 Å². The van der Waals surface area contributed by atoms with Crippen LogP contribution in [-0.4, -0.2) is 56.3 Å². The van der Waals surface area contributed by atoms with Crippen LogP contribution in [-0.2, 0) is 6.54 Å². The predicted octanol–water partition coefficient (Wildman–Crippen LogP) is 2.76. The second-order valence-electron chi connectivity index (χ2n) is 7.83. The van der Waals surface area contributed by atoms with E-state index in [9.17, 15) is 4.79 Å². The number of benzene rings is 1. The molecule has 0 radical (unpaired) electrons. The van der Waals surface area contributed by atoms with E-state index in [-0.39, 0.29) is 11.9 Å². The molecule has 0 spiro atoms. The fraction of sp³-hybridized carbons (Fsp3) is 0.364. The summed E-state index contributed by atoms with van der Waals surface area (Å²) in [6.45, 7) is 3.62. The monoisotopic (exact) mass is 373 g/mol. The van der Waals surface area contributed by atoms with Crippen molar-refractivity contribution in [1.82, 2.24) is 24.8 Å². The van der Waals surface area contributed by atoms with E-state index < -0.39 is 0 Å². The lowest BCUT2D eigenvalue weighted by atomic mass is 9.94. The van der Waals surface area contributed by atoms with Crippen molar-refractivity contribution in [3.63, 3.8) is 0 Å². The van der Waals surface area contributed by atoms with Crippen molar-refractivity contribution in [3.8, 4) is 0 Å². The molecule has 1 amide bonds. The van der Waals surface area contributed by atoms with Crippen LogP contribution < -0.4 is 0 Å². The molecule has 2 aromatic heterocycles. The molecule has 3 fully saturated rings. The van der Waals surface area contributed by atoms with Crippen molar-refractivity contribution in [2.24, 2.45) is 5.92 Å². The summed E-state index contributed by atoms with van der Waals surface area (Å²) in [6, 6.07) is 12.0. The number of piperidine rings is 1. The zero-order valence-electron chi connectivity index (χ0n) is 15.7. The highest BCUT2D eigenvalue weighted by molar-refractivity contribution is 5.97. The first-order chi connectivity index (χ1) is 13.8. The minimum atomic E-state index is 0.113. The van der Waals surface area contributed by atoms with Gasteiger partial charge in [0.2, 0.25) is 0 Å². The van der Waals surface area contributed by atoms with Gasteiger partial charge in [-0.05, 0) is 49.1 Å². The number of aromatic nitrogens is 3. The zero-order valence-corrected chi connectivity index (χ0v) is 15.7. The van der Waals surface area contributed by atoms with E-state index >= 15 is 0 Å². The zero-order chi connectivity index (χ0) is 18.9. The summed E-state index contributed by atoms with van der Waals surface area (Å²) in [6.07, 6.45) is 7.45. The van der Waals surface area contributed by atoms with Crippen LogP contribution in [0.2, 0.25) is 0 Å². The predicted molar refractivity (Wildman–Crippen MR) is 107 cm³/mol. The second-order valence-corrected chi connectivity index (χ2v) is 7.83. The van der Waals surface area contributed by atoms with Crippen LogP contribution in [0.5, 0.6) is 0 Å². The average Bonchev–Trinajstić information content (AvgIpc) is 3.04. The van der Waals surface area contributed by atoms with Gasteiger partial charge in [-0.1, -0.05) is 6.07 Å². The fourth-order valence-electron chi connectivity index (χ4n) is 4.54. The Hall–Kier alpha value is -2.86. The van der Waals surface area contributed by atoms with Gasteiger partial charge in [0.05, 0.1) is 16.7 Å². The van der Waals surface area contributed by atoms with Crippen molar-refractivity contribution in [3.05, 3.63) is 66.2 Å². The molecular weight excluding hydrogens is 350 g/mol. The molecule has 2 bridgehead atoms. The largest absolute Gasteiger partial charge is 0.334 e. The van der Waals surface area contributed by atoms with Crippen molar-refractivity contribution in [2.45, 2.75) is 25.4 Å². The maximum absolute atomic E-state index is 13.3. The minimum absolute atomic E-state index is 0.113. The lowest BCUT2D eigenvalue weighted by Crippen LogP contribution is -2.47. The van der Waals surface area contributed by atoms with Gasteiger partial charge in [-0.3, -0.25) is 24.6 Å². The molecule has 1 aromatic carbocycles. The molecule has 0 aliphatic carbocycles. The highest BCUT2D eigenvalue weighted by atomic mass is 16.2. The molecule has 6 nitrogen and oxygen atoms in total. The molecule has 6 heteroatoms. The number of hydrogen-bond acceptors (Lipinski definition) is 5. The molecule has 3 aliphatic rings. The molecule has 0 saturated carbocycles. The van der Waals surface area contributed by atoms with E-state index in [1.165, 1.54) is 6.42 Å². The molecule has 28 heavy (non-hydrogen) atoms. The molecule has 5 heterocycles. The van der Waals surface area contributed by atoms with E-state index in [1.54, 1.807) is 12.4 Å². The van der Waals surface area contributed by atoms with Crippen LogP contribution in [0.15, 0.2) is 55.0 Å². The average molecular weight is 373 g/mol. The summed E-state index contributed by atoms with van der Waals surface area (Å²) in [4.78, 5) is 31.0. The summed E-state index contributed by atoms with van der Waals surface area (Å²) in [7, 11) is 0. The quantitative estimate of drug-likeness (QED) is 0.706. The summed E-state index contributed by atoms with van der Waals surface area (Å²) < 4.78 is 0. The maximum Gasteiger partial charge on any atom is 0.254 e. The maximum atomic E-state index is 13.3. The van der Waals surface area contributed by atoms with Crippen LogP contribution in [0.1, 0.15) is 28.9 Å². The topological polar surface area (TPSA) is 62.2 Å². The first-order valence-electron chi connectivity index (χ1n) is 9.90. The first-order valence-corrected chi connectivity index (χ1v) is 9.90. The number of carbonyl (C=O) groups is 1. The Morgan fingerprint density at radius 2 is 1.82 bits per heavy atom. The Morgan fingerprint density at radius 3 is 2.68 bits per heavy atom. The van der Waals surface area contributed by atoms with Gasteiger partial charge >= 0.3 is 0 Å². The number of carbonyl (C=O) groups excluding carboxylic acids is 1. The first kappa shape index (κ1) is 17.3. The molecular formula is C22H23N5O. The number of amides is 1. The highest BCUT2D eigenvalue weighted by Crippen LogP contribution is 2.30. The normalized spacial score (nSPS) is 22.4. The van der Waals surface area contributed by atoms with Crippen LogP contribution in [0.3, 0.4) is 0 Å². The second kappa shape index (κ2) is 7.28. The van der Waals surface area contributed by atoms with E-state index in [0.29, 0.717) is 11.5 Å². The Labute approximate surface area is 164 Å². The van der Waals surface area contributed by atoms with Crippen LogP contribution in [0, 0.1) is 5.92 Å². The van der Waals surface area contributed by atoms with Gasteiger partial charge in [0.25, 0.3) is 5.91 Å². The lowest BCUT2D eigenvalue weighted by Gasteiger charge is -2.36. The van der Waals surface area contributed by atoms with Gasteiger partial charge in [-0.2, -0.15) is 0 Å². The van der Waals surface area contributed by atoms with Gasteiger partial charge in [0.15, 0.2) is 0 Å². The van der Waals surface area contributed by atoms with Crippen molar-refractivity contribution < 1.29 is 4.79 Å². The number of nitrogens with zero attached hydrogens (tertiary/aromatic N) is 5. The van der Waals surface area contributed by atoms with Crippen molar-refractivity contribution in [2.75, 3.05) is 19.6 Å². The van der Waals surface area contributed by atoms with E-state index in [4.69, 9.17) is 0 Å². The summed E-state index contributed by atoms with van der Waals surface area (Å²) in [5.74, 6) is 0.633. The molecule has 3 aromatic rings. The molecule has 0 N–H and O–H groups in total. The van der Waals surface area contributed by atoms with Gasteiger partial charge in [0.1, 0.15) is 0 Å². The molecule has 2 atom stereocenters. The standard InChI is InChI=1S/C22H23N5O/c28-22(17-5-7-20-21(11-17)25-10-9-24-20)27-13-16-4-6-19(27)15-26(12-16)14-18-3-1-2-8-23-18/h1-3,5,7-11,16,19H,4,6,12-15H2/t16-,19+/m0/s1. The minimum Gasteiger partial charge on any atom is -0.334 e. The smallest absolute Gasteiger partial charge is 0.254 e. The van der Waals surface area contributed by atoms with Crippen molar-refractivity contribution >= 4 is 16.9 Å². The third kappa shape index (κ3) is 3.36. The van der Waals surface area contributed by atoms with Gasteiger partial charge < -0.3 is 4.90 Å². The molecule has 6 rings (SSSR count). The summed E-state index contributed by atoms with van der Waals surface area (Å²) in [5, 5.41) is 0. The Bertz CT molecular complexity index is 992. The van der Waals surface area contributed by atoms with Crippen molar-refractivity contribution in [1.29, 1.82) is 0 Å². The number of hydrogen-bond donors (Lipinski definition) is 0. The van der Waals surface area contributed by atoms with E-state index in [0.717, 1.165) is 49.3 Å². The number of fused-ring (bicyclic) bond motifs is 5. The number of pyridine rings is 1. The molecule has 0 unspecified atom stereocenters. The summed E-state index contributed by atoms with van der Waals surface area (Å²) >= 11 is 0. The van der Waals surface area contributed by atoms with Gasteiger partial charge in [0, 0.05) is 56.4 Å². The van der Waals surface area contributed by atoms with Crippen LogP contribution in [0.25, 0.3) is 11.0 Å². The SMILES string of the molecule is O=C(c1ccc2nccnc2c1)N1C[C@H]2CC[C@@H]1CN(Cc1ccccn1)C2. The Kier molecular flexibility index (Phi) is 4.49.